The van der Waals surface area contributed by atoms with Crippen LogP contribution < -0.4 is 10.6 Å². The molecule has 1 aliphatic heterocycles. The van der Waals surface area contributed by atoms with Gasteiger partial charge in [-0.2, -0.15) is 0 Å². The molecule has 7 heteroatoms. The van der Waals surface area contributed by atoms with Crippen molar-refractivity contribution in [3.8, 4) is 12.3 Å². The highest BCUT2D eigenvalue weighted by atomic mass is 16.2. The summed E-state index contributed by atoms with van der Waals surface area (Å²) in [6, 6.07) is 14.6. The Morgan fingerprint density at radius 1 is 1.14 bits per heavy atom. The zero-order chi connectivity index (χ0) is 20.2. The maximum Gasteiger partial charge on any atom is 0.300 e. The lowest BCUT2D eigenvalue weighted by Crippen LogP contribution is -2.31. The lowest BCUT2D eigenvalue weighted by atomic mass is 10.2. The van der Waals surface area contributed by atoms with Crippen molar-refractivity contribution in [2.24, 2.45) is 0 Å². The molecule has 0 radical (unpaired) electrons. The van der Waals surface area contributed by atoms with Gasteiger partial charge in [0.15, 0.2) is 0 Å². The Balaban J connectivity index is 1.38. The Hall–Kier alpha value is -3.92. The summed E-state index contributed by atoms with van der Waals surface area (Å²) < 4.78 is 0. The number of hydrogen-bond acceptors (Lipinski definition) is 5. The number of amides is 2. The van der Waals surface area contributed by atoms with E-state index in [0.717, 1.165) is 17.3 Å². The first-order valence-corrected chi connectivity index (χ1v) is 9.27. The summed E-state index contributed by atoms with van der Waals surface area (Å²) in [5, 5.41) is 6.86. The number of anilines is 2. The molecule has 2 heterocycles. The minimum absolute atomic E-state index is 0.0523. The third-order valence-corrected chi connectivity index (χ3v) is 4.82. The molecule has 7 nitrogen and oxygen atoms in total. The Kier molecular flexibility index (Phi) is 5.08. The predicted molar refractivity (Wildman–Crippen MR) is 111 cm³/mol. The van der Waals surface area contributed by atoms with Crippen molar-refractivity contribution < 1.29 is 9.59 Å². The van der Waals surface area contributed by atoms with E-state index in [2.05, 4.69) is 20.6 Å². The van der Waals surface area contributed by atoms with Gasteiger partial charge in [0, 0.05) is 42.0 Å². The summed E-state index contributed by atoms with van der Waals surface area (Å²) >= 11 is 0. The second-order valence-corrected chi connectivity index (χ2v) is 6.81. The number of aromatic nitrogens is 2. The van der Waals surface area contributed by atoms with Crippen LogP contribution in [0.25, 0.3) is 10.9 Å². The predicted octanol–water partition coefficient (Wildman–Crippen LogP) is 2.53. The van der Waals surface area contributed by atoms with Gasteiger partial charge >= 0.3 is 0 Å². The van der Waals surface area contributed by atoms with Crippen LogP contribution in [0.5, 0.6) is 0 Å². The Labute approximate surface area is 168 Å². The van der Waals surface area contributed by atoms with E-state index in [1.165, 1.54) is 0 Å². The average molecular weight is 385 g/mol. The number of benzene rings is 2. The molecule has 0 unspecified atom stereocenters. The van der Waals surface area contributed by atoms with Crippen LogP contribution in [0.15, 0.2) is 54.7 Å². The van der Waals surface area contributed by atoms with Gasteiger partial charge in [0.25, 0.3) is 11.8 Å². The number of nitrogens with one attached hydrogen (secondary N) is 2. The normalized spacial score (nSPS) is 15.7. The van der Waals surface area contributed by atoms with E-state index >= 15 is 0 Å². The smallest absolute Gasteiger partial charge is 0.300 e. The van der Waals surface area contributed by atoms with E-state index in [0.29, 0.717) is 30.3 Å². The van der Waals surface area contributed by atoms with Crippen LogP contribution in [-0.4, -0.2) is 45.8 Å². The minimum atomic E-state index is -0.520. The molecule has 1 atom stereocenters. The molecule has 1 aromatic heterocycles. The van der Waals surface area contributed by atoms with Crippen molar-refractivity contribution in [3.63, 3.8) is 0 Å². The highest BCUT2D eigenvalue weighted by Gasteiger charge is 2.27. The van der Waals surface area contributed by atoms with Crippen LogP contribution in [0.2, 0.25) is 0 Å². The Bertz CT molecular complexity index is 1100. The number of hydrogen-bond donors (Lipinski definition) is 2. The fraction of sp³-hybridized carbons (Fsp3) is 0.182. The van der Waals surface area contributed by atoms with Gasteiger partial charge in [0.1, 0.15) is 0 Å². The van der Waals surface area contributed by atoms with Crippen molar-refractivity contribution in [2.75, 3.05) is 23.7 Å². The second-order valence-electron chi connectivity index (χ2n) is 6.81. The summed E-state index contributed by atoms with van der Waals surface area (Å²) in [6.07, 6.45) is 7.65. The number of likely N-dealkylation sites (tertiary alicyclic amines) is 1. The van der Waals surface area contributed by atoms with Crippen molar-refractivity contribution >= 4 is 34.4 Å². The van der Waals surface area contributed by atoms with Gasteiger partial charge in [-0.1, -0.05) is 18.2 Å². The highest BCUT2D eigenvalue weighted by Crippen LogP contribution is 2.19. The third-order valence-electron chi connectivity index (χ3n) is 4.82. The molecule has 1 fully saturated rings. The van der Waals surface area contributed by atoms with Gasteiger partial charge in [-0.3, -0.25) is 9.59 Å². The number of fused-ring (bicyclic) bond motifs is 1. The molecule has 29 heavy (non-hydrogen) atoms. The lowest BCUT2D eigenvalue weighted by Gasteiger charge is -2.17. The SMILES string of the molecule is C#CC(=O)Nc1ccc(C(=O)N2CC[C@@H](Nc3ncc4ccccc4n3)C2)cc1. The maximum absolute atomic E-state index is 12.8. The first-order chi connectivity index (χ1) is 14.1. The maximum atomic E-state index is 12.8. The molecule has 144 valence electrons. The monoisotopic (exact) mass is 385 g/mol. The first-order valence-electron chi connectivity index (χ1n) is 9.27. The molecule has 2 aromatic carbocycles. The van der Waals surface area contributed by atoms with Crippen molar-refractivity contribution in [1.82, 2.24) is 14.9 Å². The van der Waals surface area contributed by atoms with Gasteiger partial charge in [-0.15, -0.1) is 6.42 Å². The van der Waals surface area contributed by atoms with Gasteiger partial charge < -0.3 is 15.5 Å². The lowest BCUT2D eigenvalue weighted by molar-refractivity contribution is -0.111. The number of rotatable bonds is 4. The third kappa shape index (κ3) is 4.17. The quantitative estimate of drug-likeness (QED) is 0.674. The molecule has 0 saturated carbocycles. The molecule has 0 spiro atoms. The molecule has 0 bridgehead atoms. The molecule has 2 amide bonds. The Morgan fingerprint density at radius 3 is 2.72 bits per heavy atom. The fourth-order valence-electron chi connectivity index (χ4n) is 3.33. The van der Waals surface area contributed by atoms with E-state index in [4.69, 9.17) is 6.42 Å². The summed E-state index contributed by atoms with van der Waals surface area (Å²) in [6.45, 7) is 1.23. The molecule has 3 aromatic rings. The second kappa shape index (κ2) is 7.98. The zero-order valence-electron chi connectivity index (χ0n) is 15.6. The van der Waals surface area contributed by atoms with Crippen LogP contribution in [0.1, 0.15) is 16.8 Å². The van der Waals surface area contributed by atoms with Crippen LogP contribution in [0, 0.1) is 12.3 Å². The molecule has 1 saturated heterocycles. The number of carbonyl (C=O) groups is 2. The molecule has 2 N–H and O–H groups in total. The summed E-state index contributed by atoms with van der Waals surface area (Å²) in [5.74, 6) is 1.98. The fourth-order valence-corrected chi connectivity index (χ4v) is 3.33. The summed E-state index contributed by atoms with van der Waals surface area (Å²) in [7, 11) is 0. The summed E-state index contributed by atoms with van der Waals surface area (Å²) in [5.41, 5.74) is 2.00. The van der Waals surface area contributed by atoms with Crippen LogP contribution in [0.4, 0.5) is 11.6 Å². The number of carbonyl (C=O) groups excluding carboxylic acids is 2. The molecule has 4 rings (SSSR count). The molecular weight excluding hydrogens is 366 g/mol. The molecule has 1 aliphatic rings. The Morgan fingerprint density at radius 2 is 1.93 bits per heavy atom. The van der Waals surface area contributed by atoms with Gasteiger partial charge in [0.2, 0.25) is 5.95 Å². The van der Waals surface area contributed by atoms with E-state index < -0.39 is 5.91 Å². The van der Waals surface area contributed by atoms with E-state index in [-0.39, 0.29) is 11.9 Å². The van der Waals surface area contributed by atoms with E-state index in [9.17, 15) is 9.59 Å². The largest absolute Gasteiger partial charge is 0.350 e. The number of nitrogens with zero attached hydrogens (tertiary/aromatic N) is 3. The zero-order valence-corrected chi connectivity index (χ0v) is 15.6. The van der Waals surface area contributed by atoms with Crippen LogP contribution in [0.3, 0.4) is 0 Å². The van der Waals surface area contributed by atoms with Gasteiger partial charge in [-0.25, -0.2) is 9.97 Å². The van der Waals surface area contributed by atoms with Crippen molar-refractivity contribution in [3.05, 3.63) is 60.3 Å². The molecular formula is C22H19N5O2. The highest BCUT2D eigenvalue weighted by molar-refractivity contribution is 6.03. The van der Waals surface area contributed by atoms with Crippen molar-refractivity contribution in [1.29, 1.82) is 0 Å². The number of terminal acetylenes is 1. The van der Waals surface area contributed by atoms with Crippen molar-refractivity contribution in [2.45, 2.75) is 12.5 Å². The molecule has 0 aliphatic carbocycles. The first kappa shape index (κ1) is 18.4. The van der Waals surface area contributed by atoms with Crippen LogP contribution in [-0.2, 0) is 4.79 Å². The standard InChI is InChI=1S/C22H19N5O2/c1-2-20(28)24-17-9-7-15(8-10-17)21(29)27-12-11-18(14-27)25-22-23-13-16-5-3-4-6-19(16)26-22/h1,3-10,13,18H,11-12,14H2,(H,24,28)(H,23,25,26)/t18-/m1/s1. The average Bonchev–Trinajstić information content (AvgIpc) is 3.22. The topological polar surface area (TPSA) is 87.2 Å². The van der Waals surface area contributed by atoms with E-state index in [1.807, 2.05) is 30.2 Å². The minimum Gasteiger partial charge on any atom is -0.350 e. The van der Waals surface area contributed by atoms with Crippen LogP contribution >= 0.6 is 0 Å². The summed E-state index contributed by atoms with van der Waals surface area (Å²) in [4.78, 5) is 34.7. The number of para-hydroxylation sites is 1. The van der Waals surface area contributed by atoms with Gasteiger partial charge in [-0.05, 0) is 42.7 Å². The van der Waals surface area contributed by atoms with Gasteiger partial charge in [0.05, 0.1) is 5.52 Å². The van der Waals surface area contributed by atoms with E-state index in [1.54, 1.807) is 35.4 Å².